The third kappa shape index (κ3) is 5.59. The molecule has 1 aliphatic heterocycles. The van der Waals surface area contributed by atoms with Gasteiger partial charge in [0.05, 0.1) is 17.3 Å². The highest BCUT2D eigenvalue weighted by molar-refractivity contribution is 5.68. The highest BCUT2D eigenvalue weighted by Gasteiger charge is 2.43. The van der Waals surface area contributed by atoms with E-state index in [4.69, 9.17) is 9.84 Å². The maximum atomic E-state index is 13.1. The lowest BCUT2D eigenvalue weighted by molar-refractivity contribution is -0.182. The van der Waals surface area contributed by atoms with Crippen molar-refractivity contribution in [1.29, 1.82) is 0 Å². The second-order valence-corrected chi connectivity index (χ2v) is 12.0. The number of rotatable bonds is 2. The van der Waals surface area contributed by atoms with Crippen LogP contribution in [-0.4, -0.2) is 50.5 Å². The summed E-state index contributed by atoms with van der Waals surface area (Å²) in [6, 6.07) is 3.95. The average molecular weight is 495 g/mol. The van der Waals surface area contributed by atoms with Crippen molar-refractivity contribution in [2.45, 2.75) is 97.3 Å². The van der Waals surface area contributed by atoms with Gasteiger partial charge < -0.3 is 9.64 Å². The predicted molar refractivity (Wildman–Crippen MR) is 127 cm³/mol. The summed E-state index contributed by atoms with van der Waals surface area (Å²) in [6.45, 7) is 13.1. The summed E-state index contributed by atoms with van der Waals surface area (Å²) >= 11 is 0. The molecule has 0 N–H and O–H groups in total. The minimum Gasteiger partial charge on any atom is -0.444 e. The number of hydrogen-bond acceptors (Lipinski definition) is 4. The highest BCUT2D eigenvalue weighted by Crippen LogP contribution is 2.45. The van der Waals surface area contributed by atoms with E-state index in [1.807, 2.05) is 44.3 Å². The van der Waals surface area contributed by atoms with Gasteiger partial charge in [0.15, 0.2) is 5.65 Å². The van der Waals surface area contributed by atoms with Crippen LogP contribution in [0.2, 0.25) is 0 Å². The molecule has 4 rings (SSSR count). The summed E-state index contributed by atoms with van der Waals surface area (Å²) in [7, 11) is 0. The molecule has 1 saturated carbocycles. The van der Waals surface area contributed by atoms with Crippen LogP contribution in [-0.2, 0) is 4.74 Å². The molecule has 1 unspecified atom stereocenters. The number of carbonyl (C=O) groups excluding carboxylic acids is 1. The SMILES string of the molecule is Cc1cc(C2CN(C(=O)OC(C)(C)C)CCC2(C)C)n2nc(C3CCC(C(F)(F)F)CC3)cc2n1. The fraction of sp³-hybridized carbons (Fsp3) is 0.731. The number of piperidine rings is 1. The van der Waals surface area contributed by atoms with Crippen molar-refractivity contribution < 1.29 is 22.7 Å². The van der Waals surface area contributed by atoms with Crippen LogP contribution in [0.1, 0.15) is 95.6 Å². The Labute approximate surface area is 205 Å². The van der Waals surface area contributed by atoms with Crippen molar-refractivity contribution in [3.05, 3.63) is 29.2 Å². The fourth-order valence-corrected chi connectivity index (χ4v) is 5.45. The summed E-state index contributed by atoms with van der Waals surface area (Å²) in [6.07, 6.45) is -2.39. The van der Waals surface area contributed by atoms with Crippen LogP contribution in [0, 0.1) is 18.3 Å². The molecule has 1 aliphatic carbocycles. The second-order valence-electron chi connectivity index (χ2n) is 12.0. The number of amides is 1. The van der Waals surface area contributed by atoms with Crippen LogP contribution in [0.15, 0.2) is 12.1 Å². The summed E-state index contributed by atoms with van der Waals surface area (Å²) in [4.78, 5) is 19.3. The molecule has 2 aliphatic rings. The number of ether oxygens (including phenoxy) is 1. The molecule has 1 amide bonds. The quantitative estimate of drug-likeness (QED) is 0.471. The highest BCUT2D eigenvalue weighted by atomic mass is 19.4. The van der Waals surface area contributed by atoms with E-state index in [0.717, 1.165) is 23.5 Å². The molecule has 0 spiro atoms. The molecule has 1 atom stereocenters. The van der Waals surface area contributed by atoms with Gasteiger partial charge in [-0.05, 0) is 71.3 Å². The second kappa shape index (κ2) is 8.96. The molecule has 9 heteroatoms. The number of nitrogens with zero attached hydrogens (tertiary/aromatic N) is 4. The van der Waals surface area contributed by atoms with Crippen molar-refractivity contribution in [2.75, 3.05) is 13.1 Å². The van der Waals surface area contributed by atoms with Crippen molar-refractivity contribution in [3.8, 4) is 0 Å². The first-order valence-electron chi connectivity index (χ1n) is 12.6. The summed E-state index contributed by atoms with van der Waals surface area (Å²) in [5, 5.41) is 4.87. The summed E-state index contributed by atoms with van der Waals surface area (Å²) in [5.41, 5.74) is 2.68. The molecule has 1 saturated heterocycles. The molecule has 2 aromatic rings. The van der Waals surface area contributed by atoms with Gasteiger partial charge in [0.1, 0.15) is 5.60 Å². The van der Waals surface area contributed by atoms with Crippen molar-refractivity contribution >= 4 is 11.7 Å². The Kier molecular flexibility index (Phi) is 6.60. The minimum absolute atomic E-state index is 0.00100. The first-order chi connectivity index (χ1) is 16.1. The number of carbonyl (C=O) groups is 1. The monoisotopic (exact) mass is 494 g/mol. The number of aryl methyl sites for hydroxylation is 1. The van der Waals surface area contributed by atoms with Gasteiger partial charge in [-0.25, -0.2) is 14.3 Å². The zero-order chi connectivity index (χ0) is 25.8. The molecule has 2 aromatic heterocycles. The minimum atomic E-state index is -4.12. The lowest BCUT2D eigenvalue weighted by atomic mass is 9.71. The Morgan fingerprint density at radius 2 is 1.77 bits per heavy atom. The number of likely N-dealkylation sites (tertiary alicyclic amines) is 1. The number of aromatic nitrogens is 3. The normalized spacial score (nSPS) is 25.6. The van der Waals surface area contributed by atoms with Gasteiger partial charge in [-0.1, -0.05) is 13.8 Å². The van der Waals surface area contributed by atoms with Gasteiger partial charge in [-0.2, -0.15) is 18.3 Å². The van der Waals surface area contributed by atoms with Crippen molar-refractivity contribution in [3.63, 3.8) is 0 Å². The number of fused-ring (bicyclic) bond motifs is 1. The Morgan fingerprint density at radius 1 is 1.11 bits per heavy atom. The molecule has 35 heavy (non-hydrogen) atoms. The van der Waals surface area contributed by atoms with Crippen LogP contribution in [0.5, 0.6) is 0 Å². The molecule has 0 aromatic carbocycles. The van der Waals surface area contributed by atoms with Crippen LogP contribution < -0.4 is 0 Å². The Hall–Kier alpha value is -2.32. The molecule has 0 radical (unpaired) electrons. The van der Waals surface area contributed by atoms with E-state index in [1.54, 1.807) is 4.90 Å². The van der Waals surface area contributed by atoms with Gasteiger partial charge in [0, 0.05) is 36.7 Å². The van der Waals surface area contributed by atoms with Gasteiger partial charge in [-0.3, -0.25) is 0 Å². The molecule has 6 nitrogen and oxygen atoms in total. The topological polar surface area (TPSA) is 59.7 Å². The maximum Gasteiger partial charge on any atom is 0.410 e. The van der Waals surface area contributed by atoms with Gasteiger partial charge in [0.25, 0.3) is 0 Å². The average Bonchev–Trinajstić information content (AvgIpc) is 3.15. The molecule has 0 bridgehead atoms. The fourth-order valence-electron chi connectivity index (χ4n) is 5.45. The third-order valence-corrected chi connectivity index (χ3v) is 7.59. The van der Waals surface area contributed by atoms with E-state index < -0.39 is 17.7 Å². The molecular weight excluding hydrogens is 457 g/mol. The zero-order valence-electron chi connectivity index (χ0n) is 21.6. The number of halogens is 3. The van der Waals surface area contributed by atoms with Crippen LogP contribution >= 0.6 is 0 Å². The van der Waals surface area contributed by atoms with E-state index in [-0.39, 0.29) is 36.2 Å². The standard InChI is InChI=1S/C26H37F3N4O2/c1-16-13-21(19-15-32(12-11-25(19,5)6)23(34)35-24(2,3)4)33-22(30-16)14-20(31-33)17-7-9-18(10-8-17)26(27,28)29/h13-14,17-19H,7-12,15H2,1-6H3. The van der Waals surface area contributed by atoms with Crippen LogP contribution in [0.3, 0.4) is 0 Å². The van der Waals surface area contributed by atoms with E-state index in [9.17, 15) is 18.0 Å². The zero-order valence-corrected chi connectivity index (χ0v) is 21.6. The van der Waals surface area contributed by atoms with Crippen LogP contribution in [0.4, 0.5) is 18.0 Å². The lowest BCUT2D eigenvalue weighted by Crippen LogP contribution is -2.48. The third-order valence-electron chi connectivity index (χ3n) is 7.59. The molecular formula is C26H37F3N4O2. The largest absolute Gasteiger partial charge is 0.444 e. The number of hydrogen-bond donors (Lipinski definition) is 0. The first kappa shape index (κ1) is 25.8. The number of alkyl halides is 3. The predicted octanol–water partition coefficient (Wildman–Crippen LogP) is 6.62. The first-order valence-corrected chi connectivity index (χ1v) is 12.6. The smallest absolute Gasteiger partial charge is 0.410 e. The van der Waals surface area contributed by atoms with E-state index >= 15 is 0 Å². The van der Waals surface area contributed by atoms with Gasteiger partial charge in [-0.15, -0.1) is 0 Å². The Bertz CT molecular complexity index is 1080. The van der Waals surface area contributed by atoms with E-state index in [0.29, 0.717) is 31.6 Å². The Morgan fingerprint density at radius 3 is 2.37 bits per heavy atom. The van der Waals surface area contributed by atoms with E-state index in [2.05, 4.69) is 18.8 Å². The van der Waals surface area contributed by atoms with Gasteiger partial charge >= 0.3 is 12.3 Å². The summed E-state index contributed by atoms with van der Waals surface area (Å²) < 4.78 is 46.9. The van der Waals surface area contributed by atoms with Crippen molar-refractivity contribution in [1.82, 2.24) is 19.5 Å². The van der Waals surface area contributed by atoms with Crippen molar-refractivity contribution in [2.24, 2.45) is 11.3 Å². The van der Waals surface area contributed by atoms with Crippen LogP contribution in [0.25, 0.3) is 5.65 Å². The molecule has 2 fully saturated rings. The summed E-state index contributed by atoms with van der Waals surface area (Å²) in [5.74, 6) is -1.21. The van der Waals surface area contributed by atoms with Gasteiger partial charge in [0.2, 0.25) is 0 Å². The lowest BCUT2D eigenvalue weighted by Gasteiger charge is -2.44. The Balaban J connectivity index is 1.63. The molecule has 3 heterocycles. The molecule has 194 valence electrons. The maximum absolute atomic E-state index is 13.1. The van der Waals surface area contributed by atoms with E-state index in [1.165, 1.54) is 0 Å².